The third kappa shape index (κ3) is 2.99. The van der Waals surface area contributed by atoms with Gasteiger partial charge in [-0.3, -0.25) is 10.1 Å². The summed E-state index contributed by atoms with van der Waals surface area (Å²) in [6, 6.07) is 3.25. The molecule has 0 bridgehead atoms. The number of aliphatic hydroxyl groups excluding tert-OH is 1. The van der Waals surface area contributed by atoms with Gasteiger partial charge in [0.05, 0.1) is 11.5 Å². The van der Waals surface area contributed by atoms with Crippen LogP contribution < -0.4 is 5.73 Å². The summed E-state index contributed by atoms with van der Waals surface area (Å²) in [5.74, 6) is 0. The molecule has 1 aliphatic carbocycles. The van der Waals surface area contributed by atoms with E-state index in [2.05, 4.69) is 0 Å². The van der Waals surface area contributed by atoms with Crippen molar-refractivity contribution in [3.8, 4) is 0 Å². The van der Waals surface area contributed by atoms with Gasteiger partial charge in [-0.15, -0.1) is 0 Å². The number of nitrogen functional groups attached to an aromatic ring is 1. The normalized spacial score (nSPS) is 15.9. The Hall–Kier alpha value is -1.71. The van der Waals surface area contributed by atoms with E-state index in [9.17, 15) is 18.5 Å². The van der Waals surface area contributed by atoms with Gasteiger partial charge in [0.15, 0.2) is 4.90 Å². The molecule has 0 heterocycles. The zero-order chi connectivity index (χ0) is 15.6. The molecule has 0 aromatic heterocycles. The smallest absolute Gasteiger partial charge is 0.289 e. The van der Waals surface area contributed by atoms with Crippen molar-refractivity contribution < 1.29 is 18.4 Å². The number of sulfonamides is 1. The zero-order valence-electron chi connectivity index (χ0n) is 11.3. The standard InChI is InChI=1S/C12H17N3O5S/c13-9-4-5-11(15(17)18)12(8-9)21(19,20)14(6-7-16)10-2-1-3-10/h4-5,8,10,16H,1-3,6-7,13H2. The monoisotopic (exact) mass is 315 g/mol. The third-order valence-corrected chi connectivity index (χ3v) is 5.55. The molecule has 0 spiro atoms. The van der Waals surface area contributed by atoms with Gasteiger partial charge in [-0.1, -0.05) is 6.42 Å². The van der Waals surface area contributed by atoms with Crippen LogP contribution in [0.1, 0.15) is 19.3 Å². The van der Waals surface area contributed by atoms with Crippen molar-refractivity contribution in [1.82, 2.24) is 4.31 Å². The lowest BCUT2D eigenvalue weighted by Gasteiger charge is -2.36. The van der Waals surface area contributed by atoms with E-state index in [0.29, 0.717) is 12.8 Å². The van der Waals surface area contributed by atoms with Crippen LogP contribution in [0, 0.1) is 10.1 Å². The van der Waals surface area contributed by atoms with Crippen LogP contribution in [-0.4, -0.2) is 41.9 Å². The highest BCUT2D eigenvalue weighted by atomic mass is 32.2. The molecule has 0 saturated heterocycles. The lowest BCUT2D eigenvalue weighted by atomic mass is 9.93. The van der Waals surface area contributed by atoms with Crippen LogP contribution in [0.5, 0.6) is 0 Å². The average molecular weight is 315 g/mol. The summed E-state index contributed by atoms with van der Waals surface area (Å²) in [5.41, 5.74) is 5.19. The largest absolute Gasteiger partial charge is 0.399 e. The minimum Gasteiger partial charge on any atom is -0.399 e. The minimum atomic E-state index is -4.07. The SMILES string of the molecule is Nc1ccc([N+](=O)[O-])c(S(=O)(=O)N(CCO)C2CCC2)c1. The molecule has 1 aliphatic rings. The Morgan fingerprint density at radius 3 is 2.57 bits per heavy atom. The van der Waals surface area contributed by atoms with E-state index >= 15 is 0 Å². The van der Waals surface area contributed by atoms with Gasteiger partial charge in [0.1, 0.15) is 0 Å². The molecule has 2 rings (SSSR count). The number of aliphatic hydroxyl groups is 1. The molecule has 0 radical (unpaired) electrons. The van der Waals surface area contributed by atoms with Crippen molar-refractivity contribution in [2.24, 2.45) is 0 Å². The Balaban J connectivity index is 2.50. The summed E-state index contributed by atoms with van der Waals surface area (Å²) in [6.45, 7) is -0.426. The maximum atomic E-state index is 12.7. The fraction of sp³-hybridized carbons (Fsp3) is 0.500. The maximum Gasteiger partial charge on any atom is 0.289 e. The number of hydrogen-bond donors (Lipinski definition) is 2. The molecule has 3 N–H and O–H groups in total. The molecule has 0 atom stereocenters. The maximum absolute atomic E-state index is 12.7. The number of benzene rings is 1. The first kappa shape index (κ1) is 15.7. The fourth-order valence-corrected chi connectivity index (χ4v) is 4.16. The fourth-order valence-electron chi connectivity index (χ4n) is 2.29. The lowest BCUT2D eigenvalue weighted by molar-refractivity contribution is -0.387. The van der Waals surface area contributed by atoms with E-state index in [1.807, 2.05) is 0 Å². The third-order valence-electron chi connectivity index (χ3n) is 3.57. The molecule has 1 aromatic rings. The summed E-state index contributed by atoms with van der Waals surface area (Å²) < 4.78 is 26.5. The zero-order valence-corrected chi connectivity index (χ0v) is 12.1. The van der Waals surface area contributed by atoms with E-state index in [1.54, 1.807) is 0 Å². The Labute approximate surface area is 122 Å². The van der Waals surface area contributed by atoms with E-state index in [1.165, 1.54) is 6.07 Å². The van der Waals surface area contributed by atoms with Gasteiger partial charge in [0.25, 0.3) is 5.69 Å². The van der Waals surface area contributed by atoms with Crippen LogP contribution in [-0.2, 0) is 10.0 Å². The van der Waals surface area contributed by atoms with Gasteiger partial charge in [0.2, 0.25) is 10.0 Å². The Morgan fingerprint density at radius 1 is 1.43 bits per heavy atom. The van der Waals surface area contributed by atoms with E-state index in [0.717, 1.165) is 22.9 Å². The summed E-state index contributed by atoms with van der Waals surface area (Å²) in [5, 5.41) is 20.1. The predicted octanol–water partition coefficient (Wildman–Crippen LogP) is 0.712. The van der Waals surface area contributed by atoms with Crippen LogP contribution in [0.4, 0.5) is 11.4 Å². The topological polar surface area (TPSA) is 127 Å². The van der Waals surface area contributed by atoms with Gasteiger partial charge in [-0.05, 0) is 25.0 Å². The Kier molecular flexibility index (Phi) is 4.45. The van der Waals surface area contributed by atoms with E-state index in [-0.39, 0.29) is 24.9 Å². The van der Waals surface area contributed by atoms with Gasteiger partial charge in [0, 0.05) is 24.3 Å². The first-order chi connectivity index (χ1) is 9.87. The molecule has 0 unspecified atom stereocenters. The Bertz CT molecular complexity index is 642. The van der Waals surface area contributed by atoms with Crippen molar-refractivity contribution in [3.05, 3.63) is 28.3 Å². The second-order valence-electron chi connectivity index (χ2n) is 4.91. The van der Waals surface area contributed by atoms with Gasteiger partial charge >= 0.3 is 0 Å². The van der Waals surface area contributed by atoms with Crippen molar-refractivity contribution >= 4 is 21.4 Å². The van der Waals surface area contributed by atoms with Crippen LogP contribution in [0.3, 0.4) is 0 Å². The predicted molar refractivity (Wildman–Crippen MR) is 76.1 cm³/mol. The number of hydrogen-bond acceptors (Lipinski definition) is 6. The molecular formula is C12H17N3O5S. The van der Waals surface area contributed by atoms with Gasteiger partial charge < -0.3 is 10.8 Å². The highest BCUT2D eigenvalue weighted by Crippen LogP contribution is 2.34. The second kappa shape index (κ2) is 5.96. The lowest BCUT2D eigenvalue weighted by Crippen LogP contribution is -2.45. The van der Waals surface area contributed by atoms with Gasteiger partial charge in [-0.25, -0.2) is 8.42 Å². The summed E-state index contributed by atoms with van der Waals surface area (Å²) >= 11 is 0. The number of nitro groups is 1. The molecule has 1 saturated carbocycles. The Morgan fingerprint density at radius 2 is 2.10 bits per heavy atom. The van der Waals surface area contributed by atoms with Crippen LogP contribution in [0.2, 0.25) is 0 Å². The number of nitrogens with zero attached hydrogens (tertiary/aromatic N) is 2. The van der Waals surface area contributed by atoms with E-state index in [4.69, 9.17) is 10.8 Å². The molecule has 1 aromatic carbocycles. The van der Waals surface area contributed by atoms with Crippen molar-refractivity contribution in [2.45, 2.75) is 30.2 Å². The summed E-state index contributed by atoms with van der Waals surface area (Å²) in [7, 11) is -4.07. The molecule has 116 valence electrons. The minimum absolute atomic E-state index is 0.0844. The molecule has 8 nitrogen and oxygen atoms in total. The molecule has 0 amide bonds. The molecule has 0 aliphatic heterocycles. The first-order valence-electron chi connectivity index (χ1n) is 6.54. The second-order valence-corrected chi connectivity index (χ2v) is 6.77. The van der Waals surface area contributed by atoms with Gasteiger partial charge in [-0.2, -0.15) is 4.31 Å². The van der Waals surface area contributed by atoms with E-state index < -0.39 is 25.5 Å². The average Bonchev–Trinajstić information content (AvgIpc) is 2.35. The number of nitrogens with two attached hydrogens (primary N) is 1. The highest BCUT2D eigenvalue weighted by Gasteiger charge is 2.38. The van der Waals surface area contributed by atoms with Crippen molar-refractivity contribution in [3.63, 3.8) is 0 Å². The van der Waals surface area contributed by atoms with Crippen molar-refractivity contribution in [2.75, 3.05) is 18.9 Å². The molecule has 9 heteroatoms. The quantitative estimate of drug-likeness (QED) is 0.452. The molecule has 21 heavy (non-hydrogen) atoms. The van der Waals surface area contributed by atoms with Crippen LogP contribution in [0.25, 0.3) is 0 Å². The molecule has 1 fully saturated rings. The highest BCUT2D eigenvalue weighted by molar-refractivity contribution is 7.89. The summed E-state index contributed by atoms with van der Waals surface area (Å²) in [6.07, 6.45) is 2.28. The first-order valence-corrected chi connectivity index (χ1v) is 7.98. The number of rotatable bonds is 6. The summed E-state index contributed by atoms with van der Waals surface area (Å²) in [4.78, 5) is 9.88. The number of anilines is 1. The van der Waals surface area contributed by atoms with Crippen LogP contribution in [0.15, 0.2) is 23.1 Å². The van der Waals surface area contributed by atoms with Crippen LogP contribution >= 0.6 is 0 Å². The molecular weight excluding hydrogens is 298 g/mol. The number of nitro benzene ring substituents is 1. The van der Waals surface area contributed by atoms with Crippen molar-refractivity contribution in [1.29, 1.82) is 0 Å².